The Morgan fingerprint density at radius 2 is 1.88 bits per heavy atom. The molecule has 1 atom stereocenters. The summed E-state index contributed by atoms with van der Waals surface area (Å²) in [5, 5.41) is 3.73. The molecule has 1 N–H and O–H groups in total. The zero-order valence-electron chi connectivity index (χ0n) is 11.1. The SMILES string of the molecule is CC1(C)NCCC12CCCCc1ccccc12. The molecule has 0 saturated carbocycles. The first kappa shape index (κ1) is 11.3. The minimum absolute atomic E-state index is 0.243. The van der Waals surface area contributed by atoms with Gasteiger partial charge in [-0.05, 0) is 57.2 Å². The van der Waals surface area contributed by atoms with E-state index in [0.717, 1.165) is 0 Å². The average Bonchev–Trinajstić information content (AvgIpc) is 2.50. The van der Waals surface area contributed by atoms with Crippen molar-refractivity contribution in [3.8, 4) is 0 Å². The molecule has 3 rings (SSSR count). The van der Waals surface area contributed by atoms with E-state index in [9.17, 15) is 0 Å². The lowest BCUT2D eigenvalue weighted by Gasteiger charge is -2.42. The predicted octanol–water partition coefficient (Wildman–Crippen LogP) is 3.42. The number of hydrogen-bond donors (Lipinski definition) is 1. The quantitative estimate of drug-likeness (QED) is 0.719. The Morgan fingerprint density at radius 1 is 1.06 bits per heavy atom. The van der Waals surface area contributed by atoms with E-state index in [1.54, 1.807) is 11.1 Å². The van der Waals surface area contributed by atoms with Crippen LogP contribution >= 0.6 is 0 Å². The van der Waals surface area contributed by atoms with Gasteiger partial charge in [0.2, 0.25) is 0 Å². The Balaban J connectivity index is 2.17. The van der Waals surface area contributed by atoms with E-state index in [4.69, 9.17) is 0 Å². The van der Waals surface area contributed by atoms with Crippen LogP contribution in [0, 0.1) is 0 Å². The molecule has 0 aromatic heterocycles. The van der Waals surface area contributed by atoms with Gasteiger partial charge in [-0.25, -0.2) is 0 Å². The molecule has 1 spiro atoms. The summed E-state index contributed by atoms with van der Waals surface area (Å²) in [4.78, 5) is 0. The lowest BCUT2D eigenvalue weighted by Crippen LogP contribution is -2.49. The lowest BCUT2D eigenvalue weighted by molar-refractivity contribution is 0.252. The fourth-order valence-corrected chi connectivity index (χ4v) is 4.06. The molecule has 1 aliphatic heterocycles. The van der Waals surface area contributed by atoms with Gasteiger partial charge in [0.25, 0.3) is 0 Å². The van der Waals surface area contributed by atoms with Crippen molar-refractivity contribution in [3.63, 3.8) is 0 Å². The third-order valence-corrected chi connectivity index (χ3v) is 5.15. The zero-order valence-corrected chi connectivity index (χ0v) is 11.1. The molecule has 0 radical (unpaired) electrons. The highest BCUT2D eigenvalue weighted by Gasteiger charge is 2.50. The Labute approximate surface area is 105 Å². The first-order chi connectivity index (χ1) is 8.16. The molecule has 0 amide bonds. The highest BCUT2D eigenvalue weighted by Crippen LogP contribution is 2.48. The summed E-state index contributed by atoms with van der Waals surface area (Å²) < 4.78 is 0. The largest absolute Gasteiger partial charge is 0.311 e. The standard InChI is InChI=1S/C16H23N/c1-15(2)16(11-12-17-15)10-6-5-8-13-7-3-4-9-14(13)16/h3-4,7,9,17H,5-6,8,10-12H2,1-2H3. The molecule has 1 saturated heterocycles. The monoisotopic (exact) mass is 229 g/mol. The topological polar surface area (TPSA) is 12.0 Å². The van der Waals surface area contributed by atoms with Gasteiger partial charge in [0.1, 0.15) is 0 Å². The van der Waals surface area contributed by atoms with Gasteiger partial charge in [-0.15, -0.1) is 0 Å². The Kier molecular flexibility index (Phi) is 2.55. The van der Waals surface area contributed by atoms with Crippen LogP contribution in [0.15, 0.2) is 24.3 Å². The molecule has 2 aliphatic rings. The van der Waals surface area contributed by atoms with Gasteiger partial charge in [-0.3, -0.25) is 0 Å². The Morgan fingerprint density at radius 3 is 2.65 bits per heavy atom. The molecule has 1 aromatic rings. The van der Waals surface area contributed by atoms with Crippen LogP contribution in [-0.4, -0.2) is 12.1 Å². The maximum Gasteiger partial charge on any atom is 0.0222 e. The maximum absolute atomic E-state index is 3.73. The average molecular weight is 229 g/mol. The number of benzene rings is 1. The molecule has 1 heteroatoms. The van der Waals surface area contributed by atoms with Crippen LogP contribution in [-0.2, 0) is 11.8 Å². The zero-order chi connectivity index (χ0) is 11.9. The number of rotatable bonds is 0. The van der Waals surface area contributed by atoms with E-state index >= 15 is 0 Å². The minimum Gasteiger partial charge on any atom is -0.311 e. The Bertz CT molecular complexity index is 421. The summed E-state index contributed by atoms with van der Waals surface area (Å²) in [5.74, 6) is 0. The summed E-state index contributed by atoms with van der Waals surface area (Å²) in [6.07, 6.45) is 6.66. The minimum atomic E-state index is 0.243. The molecule has 0 bridgehead atoms. The predicted molar refractivity (Wildman–Crippen MR) is 72.4 cm³/mol. The second-order valence-corrected chi connectivity index (χ2v) is 6.25. The van der Waals surface area contributed by atoms with Crippen molar-refractivity contribution < 1.29 is 0 Å². The smallest absolute Gasteiger partial charge is 0.0222 e. The number of fused-ring (bicyclic) bond motifs is 2. The highest BCUT2D eigenvalue weighted by atomic mass is 15.0. The van der Waals surface area contributed by atoms with Crippen LogP contribution in [0.3, 0.4) is 0 Å². The van der Waals surface area contributed by atoms with Crippen molar-refractivity contribution in [3.05, 3.63) is 35.4 Å². The van der Waals surface area contributed by atoms with E-state index in [1.807, 2.05) is 0 Å². The van der Waals surface area contributed by atoms with Gasteiger partial charge in [-0.2, -0.15) is 0 Å². The third kappa shape index (κ3) is 1.55. The van der Waals surface area contributed by atoms with Crippen LogP contribution in [0.5, 0.6) is 0 Å². The van der Waals surface area contributed by atoms with E-state index < -0.39 is 0 Å². The fourth-order valence-electron chi connectivity index (χ4n) is 4.06. The second-order valence-electron chi connectivity index (χ2n) is 6.25. The molecule has 1 unspecified atom stereocenters. The van der Waals surface area contributed by atoms with E-state index in [1.165, 1.54) is 38.6 Å². The van der Waals surface area contributed by atoms with Gasteiger partial charge < -0.3 is 5.32 Å². The molecular formula is C16H23N. The van der Waals surface area contributed by atoms with Crippen molar-refractivity contribution >= 4 is 0 Å². The molecular weight excluding hydrogens is 206 g/mol. The Hall–Kier alpha value is -0.820. The molecule has 1 aromatic carbocycles. The molecule has 1 fully saturated rings. The van der Waals surface area contributed by atoms with Crippen molar-refractivity contribution in [2.75, 3.05) is 6.54 Å². The maximum atomic E-state index is 3.73. The summed E-state index contributed by atoms with van der Waals surface area (Å²) in [5.41, 5.74) is 3.85. The van der Waals surface area contributed by atoms with E-state index in [0.29, 0.717) is 5.41 Å². The summed E-state index contributed by atoms with van der Waals surface area (Å²) >= 11 is 0. The summed E-state index contributed by atoms with van der Waals surface area (Å²) in [6.45, 7) is 5.95. The first-order valence-corrected chi connectivity index (χ1v) is 6.99. The molecule has 92 valence electrons. The van der Waals surface area contributed by atoms with Crippen molar-refractivity contribution in [1.82, 2.24) is 5.32 Å². The van der Waals surface area contributed by atoms with Crippen molar-refractivity contribution in [2.45, 2.75) is 56.9 Å². The lowest BCUT2D eigenvalue weighted by atomic mass is 9.64. The number of hydrogen-bond acceptors (Lipinski definition) is 1. The first-order valence-electron chi connectivity index (χ1n) is 6.99. The van der Waals surface area contributed by atoms with Crippen LogP contribution in [0.1, 0.15) is 50.7 Å². The fraction of sp³-hybridized carbons (Fsp3) is 0.625. The van der Waals surface area contributed by atoms with Gasteiger partial charge in [-0.1, -0.05) is 30.7 Å². The van der Waals surface area contributed by atoms with Crippen LogP contribution < -0.4 is 5.32 Å². The van der Waals surface area contributed by atoms with Gasteiger partial charge in [0.05, 0.1) is 0 Å². The van der Waals surface area contributed by atoms with Gasteiger partial charge >= 0.3 is 0 Å². The third-order valence-electron chi connectivity index (χ3n) is 5.15. The van der Waals surface area contributed by atoms with Gasteiger partial charge in [0, 0.05) is 11.0 Å². The van der Waals surface area contributed by atoms with E-state index in [-0.39, 0.29) is 5.54 Å². The normalized spacial score (nSPS) is 31.2. The molecule has 1 nitrogen and oxygen atoms in total. The van der Waals surface area contributed by atoms with Crippen LogP contribution in [0.4, 0.5) is 0 Å². The van der Waals surface area contributed by atoms with Crippen molar-refractivity contribution in [1.29, 1.82) is 0 Å². The second kappa shape index (κ2) is 3.84. The van der Waals surface area contributed by atoms with E-state index in [2.05, 4.69) is 43.4 Å². The van der Waals surface area contributed by atoms with Crippen molar-refractivity contribution in [2.24, 2.45) is 0 Å². The summed E-state index contributed by atoms with van der Waals surface area (Å²) in [7, 11) is 0. The molecule has 1 heterocycles. The number of aryl methyl sites for hydroxylation is 1. The molecule has 17 heavy (non-hydrogen) atoms. The highest BCUT2D eigenvalue weighted by molar-refractivity contribution is 5.40. The number of nitrogens with one attached hydrogen (secondary N) is 1. The van der Waals surface area contributed by atoms with Gasteiger partial charge in [0.15, 0.2) is 0 Å². The summed E-state index contributed by atoms with van der Waals surface area (Å²) in [6, 6.07) is 9.15. The molecule has 1 aliphatic carbocycles. The van der Waals surface area contributed by atoms with Crippen LogP contribution in [0.2, 0.25) is 0 Å². The van der Waals surface area contributed by atoms with Crippen LogP contribution in [0.25, 0.3) is 0 Å².